The summed E-state index contributed by atoms with van der Waals surface area (Å²) in [6, 6.07) is 9.77. The Hall–Kier alpha value is -2.60. The lowest BCUT2D eigenvalue weighted by atomic mass is 10.1. The molecule has 0 bridgehead atoms. The highest BCUT2D eigenvalue weighted by Gasteiger charge is 2.09. The molecule has 22 heavy (non-hydrogen) atoms. The Balaban J connectivity index is 2.30. The second-order valence-corrected chi connectivity index (χ2v) is 4.55. The number of hydrogen-bond acceptors (Lipinski definition) is 2. The molecular weight excluding hydrogens is 300 g/mol. The van der Waals surface area contributed by atoms with Crippen LogP contribution in [-0.4, -0.2) is 5.16 Å². The van der Waals surface area contributed by atoms with Crippen molar-refractivity contribution in [3.05, 3.63) is 70.8 Å². The fourth-order valence-electron chi connectivity index (χ4n) is 1.80. The first-order valence-electron chi connectivity index (χ1n) is 6.45. The first-order valence-corrected chi connectivity index (χ1v) is 6.86. The number of allylic oxidation sites excluding steroid dienone is 1. The van der Waals surface area contributed by atoms with Gasteiger partial charge in [0.05, 0.1) is 5.16 Å². The molecule has 2 rings (SSSR count). The maximum atomic E-state index is 13.7. The summed E-state index contributed by atoms with van der Waals surface area (Å²) in [5, 5.41) is 1.95. The highest BCUT2D eigenvalue weighted by atomic mass is 32.1. The molecule has 0 radical (unpaired) electrons. The van der Waals surface area contributed by atoms with Crippen LogP contribution in [0.2, 0.25) is 0 Å². The van der Waals surface area contributed by atoms with Gasteiger partial charge in [0.15, 0.2) is 11.6 Å². The van der Waals surface area contributed by atoms with Gasteiger partial charge in [0.25, 0.3) is 0 Å². The van der Waals surface area contributed by atoms with Gasteiger partial charge in [-0.3, -0.25) is 0 Å². The topological polar surface area (TPSA) is 12.4 Å². The number of rotatable bonds is 2. The van der Waals surface area contributed by atoms with E-state index >= 15 is 0 Å². The third-order valence-corrected chi connectivity index (χ3v) is 2.89. The molecule has 2 aromatic carbocycles. The predicted molar refractivity (Wildman–Crippen MR) is 88.2 cm³/mol. The van der Waals surface area contributed by atoms with Gasteiger partial charge in [0.2, 0.25) is 0 Å². The summed E-state index contributed by atoms with van der Waals surface area (Å²) in [7, 11) is 0. The number of halogens is 2. The molecule has 4 heteroatoms. The molecule has 0 saturated heterocycles. The van der Waals surface area contributed by atoms with Crippen molar-refractivity contribution in [1.29, 1.82) is 0 Å². The average molecular weight is 311 g/mol. The summed E-state index contributed by atoms with van der Waals surface area (Å²) in [6.45, 7) is 1.94. The van der Waals surface area contributed by atoms with Gasteiger partial charge in [-0.25, -0.2) is 8.78 Å². The van der Waals surface area contributed by atoms with Crippen molar-refractivity contribution in [1.82, 2.24) is 0 Å². The monoisotopic (exact) mass is 311 g/mol. The van der Waals surface area contributed by atoms with Crippen molar-refractivity contribution in [2.45, 2.75) is 6.92 Å². The second-order valence-electron chi connectivity index (χ2n) is 4.36. The van der Waals surface area contributed by atoms with E-state index < -0.39 is 17.3 Å². The van der Waals surface area contributed by atoms with Crippen LogP contribution in [0.4, 0.5) is 14.5 Å². The minimum absolute atomic E-state index is 0.232. The van der Waals surface area contributed by atoms with Crippen molar-refractivity contribution in [3.8, 4) is 11.8 Å². The SMILES string of the molecule is C/C=C/c1ccc(C#Cc2cc(F)c(N=C=S)c(F)c2)cc1. The summed E-state index contributed by atoms with van der Waals surface area (Å²) in [5.41, 5.74) is 1.61. The smallest absolute Gasteiger partial charge is 0.153 e. The zero-order chi connectivity index (χ0) is 15.9. The van der Waals surface area contributed by atoms with Gasteiger partial charge in [0, 0.05) is 11.1 Å². The number of aliphatic imine (C=N–C) groups is 1. The number of isothiocyanates is 1. The average Bonchev–Trinajstić information content (AvgIpc) is 2.50. The van der Waals surface area contributed by atoms with Crippen molar-refractivity contribution in [2.75, 3.05) is 0 Å². The number of nitrogens with zero attached hydrogens (tertiary/aromatic N) is 1. The Morgan fingerprint density at radius 1 is 1.00 bits per heavy atom. The van der Waals surface area contributed by atoms with Crippen molar-refractivity contribution < 1.29 is 8.78 Å². The minimum atomic E-state index is -0.815. The van der Waals surface area contributed by atoms with E-state index in [1.807, 2.05) is 48.5 Å². The molecule has 0 aromatic heterocycles. The van der Waals surface area contributed by atoms with E-state index in [-0.39, 0.29) is 5.56 Å². The molecule has 0 N–H and O–H groups in total. The molecule has 0 amide bonds. The Morgan fingerprint density at radius 3 is 2.14 bits per heavy atom. The molecule has 0 aliphatic rings. The Kier molecular flexibility index (Phi) is 5.32. The lowest BCUT2D eigenvalue weighted by Crippen LogP contribution is -1.86. The highest BCUT2D eigenvalue weighted by molar-refractivity contribution is 7.78. The van der Waals surface area contributed by atoms with E-state index in [1.54, 1.807) is 0 Å². The molecule has 108 valence electrons. The van der Waals surface area contributed by atoms with Crippen LogP contribution in [0.5, 0.6) is 0 Å². The molecule has 0 fully saturated rings. The zero-order valence-electron chi connectivity index (χ0n) is 11.7. The van der Waals surface area contributed by atoms with Crippen LogP contribution in [0.25, 0.3) is 6.08 Å². The summed E-state index contributed by atoms with van der Waals surface area (Å²) in [5.74, 6) is 3.96. The summed E-state index contributed by atoms with van der Waals surface area (Å²) in [4.78, 5) is 3.35. The summed E-state index contributed by atoms with van der Waals surface area (Å²) >= 11 is 4.35. The van der Waals surface area contributed by atoms with Crippen LogP contribution in [0.3, 0.4) is 0 Å². The quantitative estimate of drug-likeness (QED) is 0.425. The molecule has 1 nitrogen and oxygen atoms in total. The maximum Gasteiger partial charge on any atom is 0.153 e. The fraction of sp³-hybridized carbons (Fsp3) is 0.0556. The Morgan fingerprint density at radius 2 is 1.59 bits per heavy atom. The third-order valence-electron chi connectivity index (χ3n) is 2.80. The number of benzene rings is 2. The summed E-state index contributed by atoms with van der Waals surface area (Å²) < 4.78 is 27.3. The van der Waals surface area contributed by atoms with Crippen LogP contribution in [0.15, 0.2) is 47.5 Å². The molecule has 0 heterocycles. The highest BCUT2D eigenvalue weighted by Crippen LogP contribution is 2.23. The predicted octanol–water partition coefficient (Wildman–Crippen LogP) is 5.13. The van der Waals surface area contributed by atoms with Gasteiger partial charge in [-0.1, -0.05) is 36.1 Å². The number of hydrogen-bond donors (Lipinski definition) is 0. The van der Waals surface area contributed by atoms with Crippen LogP contribution < -0.4 is 0 Å². The second kappa shape index (κ2) is 7.42. The minimum Gasteiger partial charge on any atom is -0.204 e. The molecule has 0 unspecified atom stereocenters. The zero-order valence-corrected chi connectivity index (χ0v) is 12.5. The van der Waals surface area contributed by atoms with E-state index in [1.165, 1.54) is 0 Å². The van der Waals surface area contributed by atoms with Gasteiger partial charge in [-0.15, -0.1) is 0 Å². The van der Waals surface area contributed by atoms with Crippen LogP contribution in [0.1, 0.15) is 23.6 Å². The van der Waals surface area contributed by atoms with E-state index in [2.05, 4.69) is 29.1 Å². The Bertz CT molecular complexity index is 797. The van der Waals surface area contributed by atoms with E-state index in [4.69, 9.17) is 0 Å². The van der Waals surface area contributed by atoms with E-state index in [0.29, 0.717) is 0 Å². The van der Waals surface area contributed by atoms with Crippen molar-refractivity contribution in [3.63, 3.8) is 0 Å². The molecule has 0 aliphatic heterocycles. The number of thiocarbonyl (C=S) groups is 1. The van der Waals surface area contributed by atoms with Crippen LogP contribution >= 0.6 is 12.2 Å². The van der Waals surface area contributed by atoms with Crippen molar-refractivity contribution >= 4 is 29.1 Å². The lowest BCUT2D eigenvalue weighted by Gasteiger charge is -1.98. The molecule has 0 spiro atoms. The normalized spacial score (nSPS) is 9.95. The standard InChI is InChI=1S/C18H11F2NS/c1-2-3-13-4-6-14(7-5-13)8-9-15-10-16(19)18(21-12-22)17(20)11-15/h2-7,10-11H,1H3/b3-2+. The van der Waals surface area contributed by atoms with Crippen molar-refractivity contribution in [2.24, 2.45) is 4.99 Å². The van der Waals surface area contributed by atoms with Gasteiger partial charge in [0.1, 0.15) is 5.69 Å². The molecular formula is C18H11F2NS. The Labute approximate surface area is 133 Å². The molecule has 2 aromatic rings. The molecule has 0 aliphatic carbocycles. The van der Waals surface area contributed by atoms with Gasteiger partial charge in [-0.05, 0) is 49.0 Å². The molecule has 0 atom stereocenters. The van der Waals surface area contributed by atoms with E-state index in [0.717, 1.165) is 23.3 Å². The maximum absolute atomic E-state index is 13.7. The molecule has 0 saturated carbocycles. The van der Waals surface area contributed by atoms with E-state index in [9.17, 15) is 8.78 Å². The van der Waals surface area contributed by atoms with Gasteiger partial charge >= 0.3 is 0 Å². The lowest BCUT2D eigenvalue weighted by molar-refractivity contribution is 0.587. The van der Waals surface area contributed by atoms with Crippen LogP contribution in [0, 0.1) is 23.5 Å². The van der Waals surface area contributed by atoms with Gasteiger partial charge < -0.3 is 0 Å². The fourth-order valence-corrected chi connectivity index (χ4v) is 1.90. The third kappa shape index (κ3) is 3.95. The first kappa shape index (κ1) is 15.8. The van der Waals surface area contributed by atoms with Crippen LogP contribution in [-0.2, 0) is 0 Å². The van der Waals surface area contributed by atoms with Gasteiger partial charge in [-0.2, -0.15) is 4.99 Å². The summed E-state index contributed by atoms with van der Waals surface area (Å²) in [6.07, 6.45) is 3.91. The largest absolute Gasteiger partial charge is 0.204 e. The first-order chi connectivity index (χ1) is 10.6.